The normalized spacial score (nSPS) is 18.0. The van der Waals surface area contributed by atoms with E-state index in [9.17, 15) is 18.0 Å². The number of nitrogens with one attached hydrogen (secondary N) is 1. The Hall–Kier alpha value is -2.46. The van der Waals surface area contributed by atoms with Crippen LogP contribution in [0.15, 0.2) is 28.2 Å². The van der Waals surface area contributed by atoms with Crippen LogP contribution >= 0.6 is 0 Å². The van der Waals surface area contributed by atoms with Gasteiger partial charge in [-0.25, -0.2) is 13.4 Å². The molecule has 0 aromatic heterocycles. The topological polar surface area (TPSA) is 102 Å². The van der Waals surface area contributed by atoms with Crippen molar-refractivity contribution in [3.05, 3.63) is 18.2 Å². The summed E-state index contributed by atoms with van der Waals surface area (Å²) in [5.74, 6) is -0.574. The lowest BCUT2D eigenvalue weighted by molar-refractivity contribution is -0.130. The van der Waals surface area contributed by atoms with E-state index in [-0.39, 0.29) is 29.4 Å². The standard InChI is InChI=1S/C21H31N5O4S/c1-4-25(5-2)19-11-9-16(31(29,30)26-13-7-6-8-14-26)15-18(19)22-21(28)17-10-12-20(27)24(3)23-17/h9,11,15H,4-8,10,12-14H2,1-3H3,(H,22,28). The van der Waals surface area contributed by atoms with Crippen molar-refractivity contribution in [3.63, 3.8) is 0 Å². The highest BCUT2D eigenvalue weighted by molar-refractivity contribution is 7.89. The fourth-order valence-electron chi connectivity index (χ4n) is 3.90. The second-order valence-corrected chi connectivity index (χ2v) is 9.67. The number of sulfonamides is 1. The summed E-state index contributed by atoms with van der Waals surface area (Å²) in [6.45, 7) is 6.43. The van der Waals surface area contributed by atoms with Crippen LogP contribution in [-0.2, 0) is 19.6 Å². The van der Waals surface area contributed by atoms with Gasteiger partial charge in [0.1, 0.15) is 5.71 Å². The molecule has 10 heteroatoms. The predicted molar refractivity (Wildman–Crippen MR) is 121 cm³/mol. The molecule has 2 aliphatic heterocycles. The number of benzene rings is 1. The van der Waals surface area contributed by atoms with Gasteiger partial charge < -0.3 is 10.2 Å². The highest BCUT2D eigenvalue weighted by Gasteiger charge is 2.28. The second kappa shape index (κ2) is 9.78. The van der Waals surface area contributed by atoms with E-state index >= 15 is 0 Å². The van der Waals surface area contributed by atoms with Crippen LogP contribution in [0.1, 0.15) is 46.0 Å². The summed E-state index contributed by atoms with van der Waals surface area (Å²) >= 11 is 0. The number of rotatable bonds is 7. The largest absolute Gasteiger partial charge is 0.370 e. The Balaban J connectivity index is 1.95. The molecule has 1 saturated heterocycles. The highest BCUT2D eigenvalue weighted by Crippen LogP contribution is 2.31. The Bertz CT molecular complexity index is 966. The quantitative estimate of drug-likeness (QED) is 0.688. The smallest absolute Gasteiger partial charge is 0.271 e. The molecule has 0 saturated carbocycles. The van der Waals surface area contributed by atoms with Gasteiger partial charge in [0.05, 0.1) is 16.3 Å². The summed E-state index contributed by atoms with van der Waals surface area (Å²) in [5, 5.41) is 8.08. The van der Waals surface area contributed by atoms with Crippen molar-refractivity contribution in [3.8, 4) is 0 Å². The number of hydrogen-bond acceptors (Lipinski definition) is 6. The zero-order valence-electron chi connectivity index (χ0n) is 18.4. The first-order valence-electron chi connectivity index (χ1n) is 10.8. The molecule has 0 bridgehead atoms. The summed E-state index contributed by atoms with van der Waals surface area (Å²) in [5.41, 5.74) is 1.42. The zero-order valence-corrected chi connectivity index (χ0v) is 19.2. The minimum atomic E-state index is -3.64. The first-order chi connectivity index (χ1) is 14.8. The van der Waals surface area contributed by atoms with E-state index in [1.54, 1.807) is 12.1 Å². The summed E-state index contributed by atoms with van der Waals surface area (Å²) in [4.78, 5) is 26.7. The molecule has 1 fully saturated rings. The van der Waals surface area contributed by atoms with Gasteiger partial charge in [-0.2, -0.15) is 9.41 Å². The molecule has 31 heavy (non-hydrogen) atoms. The van der Waals surface area contributed by atoms with E-state index < -0.39 is 15.9 Å². The molecule has 0 spiro atoms. The van der Waals surface area contributed by atoms with E-state index in [1.165, 1.54) is 22.4 Å². The first-order valence-corrected chi connectivity index (χ1v) is 12.3. The Labute approximate surface area is 184 Å². The van der Waals surface area contributed by atoms with Gasteiger partial charge in [0, 0.05) is 46.1 Å². The van der Waals surface area contributed by atoms with Crippen molar-refractivity contribution in [2.45, 2.75) is 50.8 Å². The summed E-state index contributed by atoms with van der Waals surface area (Å²) in [6.07, 6.45) is 3.21. The first kappa shape index (κ1) is 23.2. The molecule has 1 N–H and O–H groups in total. The van der Waals surface area contributed by atoms with Crippen LogP contribution < -0.4 is 10.2 Å². The van der Waals surface area contributed by atoms with E-state index in [2.05, 4.69) is 10.4 Å². The molecule has 2 heterocycles. The molecule has 0 atom stereocenters. The van der Waals surface area contributed by atoms with Crippen LogP contribution in [0.3, 0.4) is 0 Å². The van der Waals surface area contributed by atoms with Crippen molar-refractivity contribution in [1.82, 2.24) is 9.31 Å². The lowest BCUT2D eigenvalue weighted by Crippen LogP contribution is -2.36. The summed E-state index contributed by atoms with van der Waals surface area (Å²) < 4.78 is 27.8. The minimum Gasteiger partial charge on any atom is -0.370 e. The Morgan fingerprint density at radius 2 is 1.81 bits per heavy atom. The van der Waals surface area contributed by atoms with Crippen molar-refractivity contribution in [1.29, 1.82) is 0 Å². The zero-order chi connectivity index (χ0) is 22.6. The fraction of sp³-hybridized carbons (Fsp3) is 0.571. The van der Waals surface area contributed by atoms with E-state index in [0.717, 1.165) is 24.9 Å². The Kier molecular flexibility index (Phi) is 7.32. The molecule has 1 aromatic rings. The van der Waals surface area contributed by atoms with Gasteiger partial charge in [-0.15, -0.1) is 0 Å². The predicted octanol–water partition coefficient (Wildman–Crippen LogP) is 2.25. The SMILES string of the molecule is CCN(CC)c1ccc(S(=O)(=O)N2CCCCC2)cc1NC(=O)C1=NN(C)C(=O)CC1. The van der Waals surface area contributed by atoms with Gasteiger partial charge in [0.25, 0.3) is 5.91 Å². The third-order valence-corrected chi connectivity index (χ3v) is 7.64. The van der Waals surface area contributed by atoms with Gasteiger partial charge in [-0.1, -0.05) is 6.42 Å². The van der Waals surface area contributed by atoms with Gasteiger partial charge >= 0.3 is 0 Å². The highest BCUT2D eigenvalue weighted by atomic mass is 32.2. The lowest BCUT2D eigenvalue weighted by Gasteiger charge is -2.28. The molecule has 0 unspecified atom stereocenters. The molecular weight excluding hydrogens is 418 g/mol. The maximum atomic E-state index is 13.2. The van der Waals surface area contributed by atoms with E-state index in [0.29, 0.717) is 31.9 Å². The van der Waals surface area contributed by atoms with Crippen molar-refractivity contribution in [2.24, 2.45) is 5.10 Å². The van der Waals surface area contributed by atoms with Crippen LogP contribution in [0.25, 0.3) is 0 Å². The lowest BCUT2D eigenvalue weighted by atomic mass is 10.1. The number of amides is 2. The molecule has 0 aliphatic carbocycles. The molecule has 1 aromatic carbocycles. The van der Waals surface area contributed by atoms with Crippen LogP contribution in [0, 0.1) is 0 Å². The number of carbonyl (C=O) groups excluding carboxylic acids is 2. The number of carbonyl (C=O) groups is 2. The number of anilines is 2. The van der Waals surface area contributed by atoms with Gasteiger partial charge in [0.15, 0.2) is 0 Å². The van der Waals surface area contributed by atoms with Crippen molar-refractivity contribution in [2.75, 3.05) is 43.4 Å². The summed E-state index contributed by atoms with van der Waals surface area (Å²) in [6, 6.07) is 4.89. The molecular formula is C21H31N5O4S. The van der Waals surface area contributed by atoms with Crippen LogP contribution in [-0.4, -0.2) is 68.5 Å². The number of hydrazone groups is 1. The van der Waals surface area contributed by atoms with Crippen LogP contribution in [0.4, 0.5) is 11.4 Å². The minimum absolute atomic E-state index is 0.144. The molecule has 170 valence electrons. The molecule has 2 amide bonds. The van der Waals surface area contributed by atoms with Crippen molar-refractivity contribution < 1.29 is 18.0 Å². The Morgan fingerprint density at radius 1 is 1.13 bits per heavy atom. The second-order valence-electron chi connectivity index (χ2n) is 7.73. The molecule has 3 rings (SSSR count). The van der Waals surface area contributed by atoms with Crippen LogP contribution in [0.2, 0.25) is 0 Å². The molecule has 2 aliphatic rings. The van der Waals surface area contributed by atoms with Gasteiger partial charge in [-0.3, -0.25) is 9.59 Å². The number of piperidine rings is 1. The number of hydrogen-bond donors (Lipinski definition) is 1. The van der Waals surface area contributed by atoms with Gasteiger partial charge in [-0.05, 0) is 44.9 Å². The number of nitrogens with zero attached hydrogens (tertiary/aromatic N) is 4. The summed E-state index contributed by atoms with van der Waals surface area (Å²) in [7, 11) is -2.12. The Morgan fingerprint density at radius 3 is 2.42 bits per heavy atom. The third-order valence-electron chi connectivity index (χ3n) is 5.74. The van der Waals surface area contributed by atoms with Gasteiger partial charge in [0.2, 0.25) is 15.9 Å². The van der Waals surface area contributed by atoms with Crippen molar-refractivity contribution >= 4 is 38.9 Å². The monoisotopic (exact) mass is 449 g/mol. The third kappa shape index (κ3) is 5.07. The maximum Gasteiger partial charge on any atom is 0.271 e. The van der Waals surface area contributed by atoms with E-state index in [4.69, 9.17) is 0 Å². The average molecular weight is 450 g/mol. The van der Waals surface area contributed by atoms with E-state index in [1.807, 2.05) is 18.7 Å². The van der Waals surface area contributed by atoms with Crippen LogP contribution in [0.5, 0.6) is 0 Å². The molecule has 0 radical (unpaired) electrons. The molecule has 9 nitrogen and oxygen atoms in total. The maximum absolute atomic E-state index is 13.2. The average Bonchev–Trinajstić information content (AvgIpc) is 2.77. The fourth-order valence-corrected chi connectivity index (χ4v) is 5.44.